The molecule has 4 N–H and O–H groups in total. The molecular formula is C4H7N3O2. The summed E-state index contributed by atoms with van der Waals surface area (Å²) in [5.41, 5.74) is 4.84. The Labute approximate surface area is 51.6 Å². The van der Waals surface area contributed by atoms with Crippen molar-refractivity contribution in [3.05, 3.63) is 0 Å². The monoisotopic (exact) mass is 129 g/mol. The number of aliphatic hydroxyl groups excluding tert-OH is 1. The molecule has 1 heterocycles. The minimum atomic E-state index is -0.942. The molecule has 0 radical (unpaired) electrons. The number of aliphatic imine (C=N–C) groups is 1. The summed E-state index contributed by atoms with van der Waals surface area (Å²) < 4.78 is 0. The van der Waals surface area contributed by atoms with Crippen molar-refractivity contribution in [2.24, 2.45) is 10.7 Å². The third-order valence-corrected chi connectivity index (χ3v) is 1.07. The van der Waals surface area contributed by atoms with E-state index in [0.29, 0.717) is 0 Å². The zero-order valence-electron chi connectivity index (χ0n) is 4.61. The van der Waals surface area contributed by atoms with E-state index in [2.05, 4.69) is 10.3 Å². The molecule has 0 aliphatic carbocycles. The summed E-state index contributed by atoms with van der Waals surface area (Å²) in [5, 5.41) is 11.2. The quantitative estimate of drug-likeness (QED) is 0.375. The normalized spacial score (nSPS) is 32.1. The zero-order chi connectivity index (χ0) is 6.85. The van der Waals surface area contributed by atoms with Gasteiger partial charge in [-0.3, -0.25) is 9.79 Å². The molecule has 0 saturated heterocycles. The molecule has 0 bridgehead atoms. The number of rotatable bonds is 1. The van der Waals surface area contributed by atoms with Crippen molar-refractivity contribution in [1.82, 2.24) is 5.32 Å². The average molecular weight is 129 g/mol. The summed E-state index contributed by atoms with van der Waals surface area (Å²) in [6.45, 7) is 0. The van der Waals surface area contributed by atoms with Gasteiger partial charge in [-0.15, -0.1) is 0 Å². The smallest absolute Gasteiger partial charge is 0.246 e. The Morgan fingerprint density at radius 1 is 1.89 bits per heavy atom. The first-order valence-corrected chi connectivity index (χ1v) is 2.47. The van der Waals surface area contributed by atoms with Crippen LogP contribution in [-0.4, -0.2) is 29.6 Å². The van der Waals surface area contributed by atoms with E-state index in [1.807, 2.05) is 0 Å². The fourth-order valence-corrected chi connectivity index (χ4v) is 0.601. The van der Waals surface area contributed by atoms with Crippen molar-refractivity contribution < 1.29 is 9.90 Å². The Morgan fingerprint density at radius 2 is 2.56 bits per heavy atom. The molecule has 5 nitrogen and oxygen atoms in total. The van der Waals surface area contributed by atoms with Crippen molar-refractivity contribution in [1.29, 1.82) is 0 Å². The number of nitrogens with zero attached hydrogens (tertiary/aromatic N) is 1. The molecule has 9 heavy (non-hydrogen) atoms. The van der Waals surface area contributed by atoms with Crippen LogP contribution in [0.5, 0.6) is 0 Å². The molecule has 2 unspecified atom stereocenters. The van der Waals surface area contributed by atoms with Gasteiger partial charge in [0.2, 0.25) is 5.91 Å². The maximum Gasteiger partial charge on any atom is 0.246 e. The number of carbonyl (C=O) groups is 1. The number of amides is 1. The molecule has 5 heteroatoms. The number of nitrogens with two attached hydrogens (primary N) is 1. The predicted molar refractivity (Wildman–Crippen MR) is 30.6 cm³/mol. The summed E-state index contributed by atoms with van der Waals surface area (Å²) in [6, 6.07) is -0.815. The fraction of sp³-hybridized carbons (Fsp3) is 0.500. The number of carbonyl (C=O) groups excluding carboxylic acids is 1. The largest absolute Gasteiger partial charge is 0.371 e. The second-order valence-corrected chi connectivity index (χ2v) is 1.74. The molecule has 1 aliphatic heterocycles. The molecule has 0 aromatic rings. The van der Waals surface area contributed by atoms with E-state index in [1.165, 1.54) is 6.34 Å². The molecule has 0 aromatic heterocycles. The Kier molecular flexibility index (Phi) is 1.35. The Hall–Kier alpha value is -1.10. The van der Waals surface area contributed by atoms with Gasteiger partial charge >= 0.3 is 0 Å². The van der Waals surface area contributed by atoms with Crippen LogP contribution in [0.3, 0.4) is 0 Å². The number of hydrogen-bond acceptors (Lipinski definition) is 4. The van der Waals surface area contributed by atoms with Crippen molar-refractivity contribution in [2.45, 2.75) is 12.3 Å². The lowest BCUT2D eigenvalue weighted by atomic mass is 10.3. The Morgan fingerprint density at radius 3 is 2.78 bits per heavy atom. The van der Waals surface area contributed by atoms with Crippen molar-refractivity contribution in [3.8, 4) is 0 Å². The fourth-order valence-electron chi connectivity index (χ4n) is 0.601. The van der Waals surface area contributed by atoms with Crippen LogP contribution in [0.4, 0.5) is 0 Å². The highest BCUT2D eigenvalue weighted by atomic mass is 16.3. The highest BCUT2D eigenvalue weighted by Gasteiger charge is 2.25. The second kappa shape index (κ2) is 2.02. The number of nitrogens with one attached hydrogen (secondary N) is 1. The SMILES string of the molecule is NC(=O)C1N=CNC1O. The van der Waals surface area contributed by atoms with E-state index < -0.39 is 18.2 Å². The molecule has 2 atom stereocenters. The second-order valence-electron chi connectivity index (χ2n) is 1.74. The Balaban J connectivity index is 2.59. The molecule has 1 amide bonds. The number of hydrogen-bond donors (Lipinski definition) is 3. The molecular weight excluding hydrogens is 122 g/mol. The molecule has 0 aromatic carbocycles. The van der Waals surface area contributed by atoms with Gasteiger partial charge in [0.05, 0.1) is 6.34 Å². The minimum absolute atomic E-state index is 0.622. The van der Waals surface area contributed by atoms with Gasteiger partial charge < -0.3 is 16.2 Å². The van der Waals surface area contributed by atoms with Gasteiger partial charge in [-0.05, 0) is 0 Å². The van der Waals surface area contributed by atoms with Crippen LogP contribution < -0.4 is 11.1 Å². The van der Waals surface area contributed by atoms with E-state index in [4.69, 9.17) is 10.8 Å². The highest BCUT2D eigenvalue weighted by molar-refractivity contribution is 5.84. The Bertz CT molecular complexity index is 156. The van der Waals surface area contributed by atoms with Crippen molar-refractivity contribution >= 4 is 12.2 Å². The predicted octanol–water partition coefficient (Wildman–Crippen LogP) is -2.21. The molecule has 0 saturated carbocycles. The van der Waals surface area contributed by atoms with Gasteiger partial charge in [-0.25, -0.2) is 0 Å². The van der Waals surface area contributed by atoms with Gasteiger partial charge in [0.15, 0.2) is 12.3 Å². The van der Waals surface area contributed by atoms with E-state index in [-0.39, 0.29) is 0 Å². The van der Waals surface area contributed by atoms with Crippen LogP contribution in [0.1, 0.15) is 0 Å². The summed E-state index contributed by atoms with van der Waals surface area (Å²) in [7, 11) is 0. The lowest BCUT2D eigenvalue weighted by molar-refractivity contribution is -0.121. The first-order chi connectivity index (χ1) is 4.22. The van der Waals surface area contributed by atoms with Crippen LogP contribution in [0.15, 0.2) is 4.99 Å². The van der Waals surface area contributed by atoms with Gasteiger partial charge in [0.1, 0.15) is 0 Å². The van der Waals surface area contributed by atoms with E-state index in [9.17, 15) is 4.79 Å². The van der Waals surface area contributed by atoms with Crippen molar-refractivity contribution in [2.75, 3.05) is 0 Å². The van der Waals surface area contributed by atoms with E-state index in [0.717, 1.165) is 0 Å². The molecule has 0 fully saturated rings. The van der Waals surface area contributed by atoms with Crippen molar-refractivity contribution in [3.63, 3.8) is 0 Å². The summed E-state index contributed by atoms with van der Waals surface area (Å²) in [6.07, 6.45) is 0.322. The molecule has 50 valence electrons. The van der Waals surface area contributed by atoms with Crippen LogP contribution in [0.2, 0.25) is 0 Å². The van der Waals surface area contributed by atoms with Crippen LogP contribution >= 0.6 is 0 Å². The van der Waals surface area contributed by atoms with E-state index >= 15 is 0 Å². The van der Waals surface area contributed by atoms with Crippen LogP contribution in [0.25, 0.3) is 0 Å². The van der Waals surface area contributed by atoms with Gasteiger partial charge in [0.25, 0.3) is 0 Å². The van der Waals surface area contributed by atoms with Gasteiger partial charge in [-0.1, -0.05) is 0 Å². The summed E-state index contributed by atoms with van der Waals surface area (Å²) in [5.74, 6) is -0.622. The maximum absolute atomic E-state index is 10.3. The average Bonchev–Trinajstić information content (AvgIpc) is 2.13. The maximum atomic E-state index is 10.3. The van der Waals surface area contributed by atoms with Crippen LogP contribution in [-0.2, 0) is 4.79 Å². The third-order valence-electron chi connectivity index (χ3n) is 1.07. The zero-order valence-corrected chi connectivity index (χ0v) is 4.61. The van der Waals surface area contributed by atoms with E-state index in [1.54, 1.807) is 0 Å². The summed E-state index contributed by atoms with van der Waals surface area (Å²) in [4.78, 5) is 13.9. The lowest BCUT2D eigenvalue weighted by Crippen LogP contribution is -2.40. The van der Waals surface area contributed by atoms with Gasteiger partial charge in [0, 0.05) is 0 Å². The topological polar surface area (TPSA) is 87.7 Å². The standard InChI is InChI=1S/C4H7N3O2/c5-3(8)2-4(9)7-1-6-2/h1-2,4,9H,(H2,5,8)(H,6,7). The first kappa shape index (κ1) is 6.03. The number of primary amides is 1. The molecule has 0 spiro atoms. The number of aliphatic hydroxyl groups is 1. The van der Waals surface area contributed by atoms with Gasteiger partial charge in [-0.2, -0.15) is 0 Å². The molecule has 1 rings (SSSR count). The minimum Gasteiger partial charge on any atom is -0.371 e. The molecule has 1 aliphatic rings. The summed E-state index contributed by atoms with van der Waals surface area (Å²) >= 11 is 0. The first-order valence-electron chi connectivity index (χ1n) is 2.47. The lowest BCUT2D eigenvalue weighted by Gasteiger charge is -2.06. The highest BCUT2D eigenvalue weighted by Crippen LogP contribution is 1.98. The van der Waals surface area contributed by atoms with Crippen LogP contribution in [0, 0.1) is 0 Å². The third kappa shape index (κ3) is 0.996.